The van der Waals surface area contributed by atoms with Crippen LogP contribution >= 0.6 is 0 Å². The second kappa shape index (κ2) is 6.69. The fraction of sp³-hybridized carbons (Fsp3) is 0.545. The van der Waals surface area contributed by atoms with E-state index in [1.165, 1.54) is 12.1 Å². The van der Waals surface area contributed by atoms with Crippen molar-refractivity contribution in [3.05, 3.63) is 23.7 Å². The van der Waals surface area contributed by atoms with Crippen LogP contribution in [0.2, 0.25) is 0 Å². The maximum atomic E-state index is 11.6. The summed E-state index contributed by atoms with van der Waals surface area (Å²) < 4.78 is 35.5. The van der Waals surface area contributed by atoms with E-state index in [0.29, 0.717) is 0 Å². The van der Waals surface area contributed by atoms with Crippen LogP contribution < -0.4 is 4.72 Å². The van der Waals surface area contributed by atoms with Crippen LogP contribution in [0.4, 0.5) is 0 Å². The number of carboxylic acid groups (broad SMARTS) is 1. The van der Waals surface area contributed by atoms with Gasteiger partial charge in [-0.1, -0.05) is 0 Å². The first-order valence-corrected chi connectivity index (χ1v) is 7.36. The Morgan fingerprint density at radius 3 is 2.68 bits per heavy atom. The van der Waals surface area contributed by atoms with Crippen molar-refractivity contribution < 1.29 is 27.5 Å². The standard InChI is InChI=1S/C11H17NO6S/c1-8(2)17-5-6-19(15,16)12-7-9-3-4-10(18-9)11(13)14/h3-4,8,12H,5-7H2,1-2H3,(H,13,14). The molecule has 1 rings (SSSR count). The molecule has 1 heterocycles. The van der Waals surface area contributed by atoms with Crippen LogP contribution in [0.1, 0.15) is 30.2 Å². The summed E-state index contributed by atoms with van der Waals surface area (Å²) in [6.07, 6.45) is -0.0293. The zero-order chi connectivity index (χ0) is 14.5. The summed E-state index contributed by atoms with van der Waals surface area (Å²) in [4.78, 5) is 10.6. The number of carbonyl (C=O) groups is 1. The summed E-state index contributed by atoms with van der Waals surface area (Å²) in [6.45, 7) is 3.65. The zero-order valence-electron chi connectivity index (χ0n) is 10.8. The van der Waals surface area contributed by atoms with Crippen LogP contribution in [-0.2, 0) is 21.3 Å². The van der Waals surface area contributed by atoms with Crippen molar-refractivity contribution in [2.45, 2.75) is 26.5 Å². The van der Waals surface area contributed by atoms with E-state index >= 15 is 0 Å². The van der Waals surface area contributed by atoms with Gasteiger partial charge in [0, 0.05) is 0 Å². The average Bonchev–Trinajstić information content (AvgIpc) is 2.74. The first-order valence-electron chi connectivity index (χ1n) is 5.71. The Hall–Kier alpha value is -1.38. The van der Waals surface area contributed by atoms with Gasteiger partial charge in [-0.25, -0.2) is 17.9 Å². The van der Waals surface area contributed by atoms with Crippen molar-refractivity contribution in [2.24, 2.45) is 0 Å². The normalized spacial score (nSPS) is 11.9. The second-order valence-corrected chi connectivity index (χ2v) is 6.06. The number of rotatable bonds is 8. The van der Waals surface area contributed by atoms with Gasteiger partial charge in [0.15, 0.2) is 0 Å². The average molecular weight is 291 g/mol. The molecule has 1 aromatic heterocycles. The van der Waals surface area contributed by atoms with Crippen molar-refractivity contribution in [2.75, 3.05) is 12.4 Å². The van der Waals surface area contributed by atoms with E-state index < -0.39 is 16.0 Å². The molecule has 0 aliphatic rings. The van der Waals surface area contributed by atoms with Gasteiger partial charge in [0.1, 0.15) is 5.76 Å². The number of ether oxygens (including phenoxy) is 1. The summed E-state index contributed by atoms with van der Waals surface area (Å²) in [7, 11) is -3.47. The first-order chi connectivity index (χ1) is 8.80. The molecule has 7 nitrogen and oxygen atoms in total. The smallest absolute Gasteiger partial charge is 0.371 e. The minimum absolute atomic E-state index is 0.0293. The SMILES string of the molecule is CC(C)OCCS(=O)(=O)NCc1ccc(C(=O)O)o1. The van der Waals surface area contributed by atoms with Gasteiger partial charge in [0.2, 0.25) is 15.8 Å². The fourth-order valence-corrected chi connectivity index (χ4v) is 2.06. The predicted octanol–water partition coefficient (Wildman–Crippen LogP) is 0.822. The van der Waals surface area contributed by atoms with Gasteiger partial charge in [0.25, 0.3) is 0 Å². The van der Waals surface area contributed by atoms with E-state index in [4.69, 9.17) is 14.3 Å². The van der Waals surface area contributed by atoms with Crippen molar-refractivity contribution >= 4 is 16.0 Å². The third-order valence-electron chi connectivity index (χ3n) is 2.14. The Morgan fingerprint density at radius 1 is 1.47 bits per heavy atom. The van der Waals surface area contributed by atoms with E-state index in [-0.39, 0.29) is 36.5 Å². The number of furan rings is 1. The molecule has 19 heavy (non-hydrogen) atoms. The van der Waals surface area contributed by atoms with Crippen LogP contribution in [0.5, 0.6) is 0 Å². The molecule has 0 bridgehead atoms. The Bertz CT molecular complexity index is 519. The highest BCUT2D eigenvalue weighted by Crippen LogP contribution is 2.07. The monoisotopic (exact) mass is 291 g/mol. The molecule has 0 aliphatic carbocycles. The molecule has 0 amide bonds. The highest BCUT2D eigenvalue weighted by molar-refractivity contribution is 7.89. The van der Waals surface area contributed by atoms with Gasteiger partial charge in [-0.05, 0) is 26.0 Å². The molecule has 0 spiro atoms. The zero-order valence-corrected chi connectivity index (χ0v) is 11.6. The Kier molecular flexibility index (Phi) is 5.52. The van der Waals surface area contributed by atoms with Gasteiger partial charge in [-0.15, -0.1) is 0 Å². The van der Waals surface area contributed by atoms with Gasteiger partial charge >= 0.3 is 5.97 Å². The Labute approximate surface area is 111 Å². The third-order valence-corrected chi connectivity index (χ3v) is 3.43. The van der Waals surface area contributed by atoms with Gasteiger partial charge in [-0.3, -0.25) is 0 Å². The molecule has 0 aromatic carbocycles. The number of aromatic carboxylic acids is 1. The maximum absolute atomic E-state index is 11.6. The molecule has 0 atom stereocenters. The van der Waals surface area contributed by atoms with Crippen LogP contribution in [0, 0.1) is 0 Å². The molecule has 0 aliphatic heterocycles. The number of hydrogen-bond donors (Lipinski definition) is 2. The van der Waals surface area contributed by atoms with E-state index in [9.17, 15) is 13.2 Å². The highest BCUT2D eigenvalue weighted by Gasteiger charge is 2.13. The Balaban J connectivity index is 2.43. The van der Waals surface area contributed by atoms with Gasteiger partial charge in [-0.2, -0.15) is 0 Å². The number of nitrogens with one attached hydrogen (secondary N) is 1. The van der Waals surface area contributed by atoms with E-state index in [2.05, 4.69) is 4.72 Å². The van der Waals surface area contributed by atoms with Gasteiger partial charge < -0.3 is 14.3 Å². The van der Waals surface area contributed by atoms with E-state index in [1.54, 1.807) is 0 Å². The Morgan fingerprint density at radius 2 is 2.16 bits per heavy atom. The molecule has 1 aromatic rings. The lowest BCUT2D eigenvalue weighted by molar-refractivity contribution is 0.0660. The molecule has 0 fully saturated rings. The number of hydrogen-bond acceptors (Lipinski definition) is 5. The number of carboxylic acids is 1. The predicted molar refractivity (Wildman–Crippen MR) is 67.4 cm³/mol. The number of sulfonamides is 1. The molecule has 108 valence electrons. The maximum Gasteiger partial charge on any atom is 0.371 e. The lowest BCUT2D eigenvalue weighted by Gasteiger charge is -2.08. The summed E-state index contributed by atoms with van der Waals surface area (Å²) in [6, 6.07) is 2.68. The molecule has 2 N–H and O–H groups in total. The fourth-order valence-electron chi connectivity index (χ4n) is 1.23. The quantitative estimate of drug-likeness (QED) is 0.734. The lowest BCUT2D eigenvalue weighted by Crippen LogP contribution is -2.28. The topological polar surface area (TPSA) is 106 Å². The molecule has 0 saturated heterocycles. The summed E-state index contributed by atoms with van der Waals surface area (Å²) in [5.74, 6) is -1.33. The summed E-state index contributed by atoms with van der Waals surface area (Å²) in [5, 5.41) is 8.65. The second-order valence-electron chi connectivity index (χ2n) is 4.13. The van der Waals surface area contributed by atoms with E-state index in [0.717, 1.165) is 0 Å². The first kappa shape index (κ1) is 15.7. The summed E-state index contributed by atoms with van der Waals surface area (Å²) in [5.41, 5.74) is 0. The van der Waals surface area contributed by atoms with Crippen molar-refractivity contribution in [3.8, 4) is 0 Å². The van der Waals surface area contributed by atoms with Crippen molar-refractivity contribution in [1.29, 1.82) is 0 Å². The molecule has 0 saturated carbocycles. The highest BCUT2D eigenvalue weighted by atomic mass is 32.2. The largest absolute Gasteiger partial charge is 0.475 e. The van der Waals surface area contributed by atoms with Crippen LogP contribution in [0.3, 0.4) is 0 Å². The van der Waals surface area contributed by atoms with Crippen molar-refractivity contribution in [3.63, 3.8) is 0 Å². The molecule has 0 unspecified atom stereocenters. The molecule has 0 radical (unpaired) electrons. The molecule has 8 heteroatoms. The molecular formula is C11H17NO6S. The third kappa shape index (κ3) is 5.86. The van der Waals surface area contributed by atoms with Crippen LogP contribution in [0.15, 0.2) is 16.5 Å². The lowest BCUT2D eigenvalue weighted by atomic mass is 10.4. The van der Waals surface area contributed by atoms with Gasteiger partial charge in [0.05, 0.1) is 25.0 Å². The van der Waals surface area contributed by atoms with E-state index in [1.807, 2.05) is 13.8 Å². The van der Waals surface area contributed by atoms with Crippen LogP contribution in [0.25, 0.3) is 0 Å². The van der Waals surface area contributed by atoms with Crippen molar-refractivity contribution in [1.82, 2.24) is 4.72 Å². The molecular weight excluding hydrogens is 274 g/mol. The van der Waals surface area contributed by atoms with Crippen LogP contribution in [-0.4, -0.2) is 38.0 Å². The summed E-state index contributed by atoms with van der Waals surface area (Å²) >= 11 is 0. The minimum atomic E-state index is -3.47. The minimum Gasteiger partial charge on any atom is -0.475 e.